The van der Waals surface area contributed by atoms with Gasteiger partial charge in [-0.15, -0.1) is 0 Å². The standard InChI is InChI=1S/C15H15N5O/c1-11-6-7-18-20(11)10-15(21)19-17-9-12-8-16-14-5-3-2-4-13(12)14/h2-9,16H,10H2,1H3,(H,19,21). The zero-order valence-electron chi connectivity index (χ0n) is 11.6. The number of carbonyl (C=O) groups excluding carboxylic acids is 1. The Morgan fingerprint density at radius 3 is 3.10 bits per heavy atom. The maximum absolute atomic E-state index is 11.8. The molecule has 6 nitrogen and oxygen atoms in total. The highest BCUT2D eigenvalue weighted by Crippen LogP contribution is 2.15. The summed E-state index contributed by atoms with van der Waals surface area (Å²) in [6, 6.07) is 9.77. The fourth-order valence-electron chi connectivity index (χ4n) is 2.11. The lowest BCUT2D eigenvalue weighted by atomic mass is 10.2. The highest BCUT2D eigenvalue weighted by atomic mass is 16.2. The molecule has 0 aliphatic heterocycles. The molecular formula is C15H15N5O. The number of hydrogen-bond acceptors (Lipinski definition) is 3. The molecule has 0 atom stereocenters. The third-order valence-electron chi connectivity index (χ3n) is 3.24. The van der Waals surface area contributed by atoms with Crippen molar-refractivity contribution in [1.29, 1.82) is 0 Å². The molecule has 6 heteroatoms. The SMILES string of the molecule is Cc1ccnn1CC(=O)NN=Cc1c[nH]c2ccccc12. The van der Waals surface area contributed by atoms with Crippen LogP contribution in [0.2, 0.25) is 0 Å². The van der Waals surface area contributed by atoms with Crippen LogP contribution in [0, 0.1) is 6.92 Å². The Morgan fingerprint density at radius 2 is 2.29 bits per heavy atom. The average molecular weight is 281 g/mol. The van der Waals surface area contributed by atoms with Crippen LogP contribution in [0.4, 0.5) is 0 Å². The molecule has 3 aromatic rings. The van der Waals surface area contributed by atoms with Gasteiger partial charge in [-0.25, -0.2) is 5.43 Å². The molecule has 21 heavy (non-hydrogen) atoms. The molecule has 3 rings (SSSR count). The van der Waals surface area contributed by atoms with Gasteiger partial charge in [0.2, 0.25) is 0 Å². The van der Waals surface area contributed by atoms with Crippen LogP contribution in [0.3, 0.4) is 0 Å². The molecule has 2 aromatic heterocycles. The fraction of sp³-hybridized carbons (Fsp3) is 0.133. The molecule has 0 radical (unpaired) electrons. The number of benzene rings is 1. The van der Waals surface area contributed by atoms with Crippen molar-refractivity contribution < 1.29 is 4.79 Å². The lowest BCUT2D eigenvalue weighted by Gasteiger charge is -2.02. The fourth-order valence-corrected chi connectivity index (χ4v) is 2.11. The molecule has 0 saturated carbocycles. The minimum Gasteiger partial charge on any atom is -0.361 e. The van der Waals surface area contributed by atoms with E-state index >= 15 is 0 Å². The zero-order chi connectivity index (χ0) is 14.7. The van der Waals surface area contributed by atoms with Gasteiger partial charge in [-0.2, -0.15) is 10.2 Å². The number of aromatic nitrogens is 3. The van der Waals surface area contributed by atoms with E-state index in [1.165, 1.54) is 0 Å². The summed E-state index contributed by atoms with van der Waals surface area (Å²) in [5.74, 6) is -0.210. The van der Waals surface area contributed by atoms with Gasteiger partial charge in [0.05, 0.1) is 6.21 Å². The predicted octanol–water partition coefficient (Wildman–Crippen LogP) is 1.82. The number of H-pyrrole nitrogens is 1. The largest absolute Gasteiger partial charge is 0.361 e. The van der Waals surface area contributed by atoms with Crippen LogP contribution in [0.25, 0.3) is 10.9 Å². The number of nitrogens with one attached hydrogen (secondary N) is 2. The average Bonchev–Trinajstić information content (AvgIpc) is 3.07. The second-order valence-electron chi connectivity index (χ2n) is 4.71. The number of aryl methyl sites for hydroxylation is 1. The minimum absolute atomic E-state index is 0.157. The Morgan fingerprint density at radius 1 is 1.43 bits per heavy atom. The smallest absolute Gasteiger partial charge is 0.261 e. The summed E-state index contributed by atoms with van der Waals surface area (Å²) in [7, 11) is 0. The maximum Gasteiger partial charge on any atom is 0.261 e. The van der Waals surface area contributed by atoms with Crippen LogP contribution in [0.5, 0.6) is 0 Å². The second-order valence-corrected chi connectivity index (χ2v) is 4.71. The molecule has 0 spiro atoms. The number of hydrogen-bond donors (Lipinski definition) is 2. The third kappa shape index (κ3) is 2.84. The summed E-state index contributed by atoms with van der Waals surface area (Å²) < 4.78 is 1.62. The van der Waals surface area contributed by atoms with Crippen LogP contribution in [-0.2, 0) is 11.3 Å². The first kappa shape index (κ1) is 13.1. The Kier molecular flexibility index (Phi) is 3.51. The summed E-state index contributed by atoms with van der Waals surface area (Å²) in [5.41, 5.74) is 5.41. The summed E-state index contributed by atoms with van der Waals surface area (Å²) in [5, 5.41) is 9.11. The maximum atomic E-state index is 11.8. The van der Waals surface area contributed by atoms with Crippen LogP contribution in [0.15, 0.2) is 47.8 Å². The summed E-state index contributed by atoms with van der Waals surface area (Å²) in [6.07, 6.45) is 5.16. The van der Waals surface area contributed by atoms with Crippen molar-refractivity contribution in [1.82, 2.24) is 20.2 Å². The lowest BCUT2D eigenvalue weighted by molar-refractivity contribution is -0.121. The van der Waals surface area contributed by atoms with Gasteiger partial charge < -0.3 is 4.98 Å². The van der Waals surface area contributed by atoms with E-state index < -0.39 is 0 Å². The van der Waals surface area contributed by atoms with E-state index in [2.05, 4.69) is 20.6 Å². The minimum atomic E-state index is -0.210. The quantitative estimate of drug-likeness (QED) is 0.565. The Balaban J connectivity index is 1.64. The van der Waals surface area contributed by atoms with E-state index in [1.807, 2.05) is 43.5 Å². The van der Waals surface area contributed by atoms with Crippen molar-refractivity contribution in [2.45, 2.75) is 13.5 Å². The Labute approximate surface area is 121 Å². The first-order valence-corrected chi connectivity index (χ1v) is 6.60. The summed E-state index contributed by atoms with van der Waals surface area (Å²) in [4.78, 5) is 14.9. The van der Waals surface area contributed by atoms with Crippen LogP contribution < -0.4 is 5.43 Å². The highest BCUT2D eigenvalue weighted by molar-refractivity contribution is 5.99. The Hall–Kier alpha value is -2.89. The molecule has 0 unspecified atom stereocenters. The number of carbonyl (C=O) groups is 1. The van der Waals surface area contributed by atoms with Crippen molar-refractivity contribution in [2.75, 3.05) is 0 Å². The normalized spacial score (nSPS) is 11.3. The molecule has 0 fully saturated rings. The van der Waals surface area contributed by atoms with Gasteiger partial charge in [0.25, 0.3) is 5.91 Å². The lowest BCUT2D eigenvalue weighted by Crippen LogP contribution is -2.24. The van der Waals surface area contributed by atoms with E-state index in [-0.39, 0.29) is 12.5 Å². The first-order chi connectivity index (χ1) is 10.2. The van der Waals surface area contributed by atoms with E-state index in [1.54, 1.807) is 17.1 Å². The number of para-hydroxylation sites is 1. The highest BCUT2D eigenvalue weighted by Gasteiger charge is 2.04. The second kappa shape index (κ2) is 5.62. The van der Waals surface area contributed by atoms with Gasteiger partial charge in [-0.1, -0.05) is 18.2 Å². The van der Waals surface area contributed by atoms with E-state index in [0.717, 1.165) is 22.2 Å². The number of amides is 1. The predicted molar refractivity (Wildman–Crippen MR) is 81.0 cm³/mol. The topological polar surface area (TPSA) is 75.1 Å². The first-order valence-electron chi connectivity index (χ1n) is 6.60. The molecule has 0 aliphatic rings. The number of rotatable bonds is 4. The molecule has 106 valence electrons. The van der Waals surface area contributed by atoms with Gasteiger partial charge in [0.1, 0.15) is 6.54 Å². The summed E-state index contributed by atoms with van der Waals surface area (Å²) >= 11 is 0. The van der Waals surface area contributed by atoms with Crippen molar-refractivity contribution in [3.8, 4) is 0 Å². The molecule has 2 N–H and O–H groups in total. The molecule has 2 heterocycles. The number of fused-ring (bicyclic) bond motifs is 1. The monoisotopic (exact) mass is 281 g/mol. The molecule has 1 aromatic carbocycles. The van der Waals surface area contributed by atoms with E-state index in [9.17, 15) is 4.79 Å². The van der Waals surface area contributed by atoms with Crippen LogP contribution in [0.1, 0.15) is 11.3 Å². The number of aromatic amines is 1. The number of hydrazone groups is 1. The van der Waals surface area contributed by atoms with Gasteiger partial charge in [0, 0.05) is 34.6 Å². The molecule has 0 aliphatic carbocycles. The van der Waals surface area contributed by atoms with Crippen LogP contribution >= 0.6 is 0 Å². The van der Waals surface area contributed by atoms with Crippen molar-refractivity contribution >= 4 is 23.0 Å². The van der Waals surface area contributed by atoms with Crippen LogP contribution in [-0.4, -0.2) is 26.9 Å². The van der Waals surface area contributed by atoms with Gasteiger partial charge in [0.15, 0.2) is 0 Å². The third-order valence-corrected chi connectivity index (χ3v) is 3.24. The van der Waals surface area contributed by atoms with Gasteiger partial charge in [-0.05, 0) is 19.1 Å². The molecular weight excluding hydrogens is 266 g/mol. The van der Waals surface area contributed by atoms with Gasteiger partial charge in [-0.3, -0.25) is 9.48 Å². The van der Waals surface area contributed by atoms with Crippen molar-refractivity contribution in [3.63, 3.8) is 0 Å². The molecule has 0 saturated heterocycles. The summed E-state index contributed by atoms with van der Waals surface area (Å²) in [6.45, 7) is 2.06. The molecule has 0 bridgehead atoms. The van der Waals surface area contributed by atoms with Crippen molar-refractivity contribution in [3.05, 3.63) is 54.0 Å². The van der Waals surface area contributed by atoms with Gasteiger partial charge >= 0.3 is 0 Å². The zero-order valence-corrected chi connectivity index (χ0v) is 11.6. The van der Waals surface area contributed by atoms with Crippen molar-refractivity contribution in [2.24, 2.45) is 5.10 Å². The van der Waals surface area contributed by atoms with E-state index in [0.29, 0.717) is 0 Å². The van der Waals surface area contributed by atoms with E-state index in [4.69, 9.17) is 0 Å². The Bertz CT molecular complexity index is 799. The number of nitrogens with zero attached hydrogens (tertiary/aromatic N) is 3. The molecule has 1 amide bonds.